The van der Waals surface area contributed by atoms with Crippen LogP contribution in [0.1, 0.15) is 26.3 Å². The third-order valence-corrected chi connectivity index (χ3v) is 10.4. The number of hydrogen-bond acceptors (Lipinski definition) is 6. The standard InChI is InChI=1S/C27H32N4O5S2/c1-5-15-29-26(32)23-19-30(37(33,34)22-13-11-21(12-14-22)27(2,3)4)17-18-31(23)38(35,36)24-10-6-8-20-9-7-16-28-25(20)24/h5-14,16,23H,1,15,17-19H2,2-4H3,(H,29,32). The zero-order chi connectivity index (χ0) is 27.7. The van der Waals surface area contributed by atoms with Crippen LogP contribution in [0.2, 0.25) is 0 Å². The summed E-state index contributed by atoms with van der Waals surface area (Å²) in [6, 6.07) is 13.6. The van der Waals surface area contributed by atoms with Gasteiger partial charge in [0.25, 0.3) is 0 Å². The molecule has 9 nitrogen and oxygen atoms in total. The number of aromatic nitrogens is 1. The lowest BCUT2D eigenvalue weighted by molar-refractivity contribution is -0.125. The quantitative estimate of drug-likeness (QED) is 0.448. The van der Waals surface area contributed by atoms with Gasteiger partial charge in [-0.25, -0.2) is 16.8 Å². The number of nitrogens with zero attached hydrogens (tertiary/aromatic N) is 3. The Balaban J connectivity index is 1.70. The SMILES string of the molecule is C=CCNC(=O)C1CN(S(=O)(=O)c2ccc(C(C)(C)C)cc2)CCN1S(=O)(=O)c1cccc2cccnc12. The molecule has 0 radical (unpaired) electrons. The minimum atomic E-state index is -4.20. The Hall–Kier alpha value is -3.12. The molecule has 3 aromatic rings. The first-order valence-electron chi connectivity index (χ1n) is 12.2. The summed E-state index contributed by atoms with van der Waals surface area (Å²) in [7, 11) is -8.18. The van der Waals surface area contributed by atoms with Crippen molar-refractivity contribution >= 4 is 36.9 Å². The van der Waals surface area contributed by atoms with E-state index < -0.39 is 32.0 Å². The van der Waals surface area contributed by atoms with Crippen molar-refractivity contribution < 1.29 is 21.6 Å². The van der Waals surface area contributed by atoms with E-state index in [1.54, 1.807) is 48.5 Å². The van der Waals surface area contributed by atoms with E-state index in [0.717, 1.165) is 9.87 Å². The van der Waals surface area contributed by atoms with Gasteiger partial charge in [0.15, 0.2) is 0 Å². The zero-order valence-electron chi connectivity index (χ0n) is 21.7. The minimum absolute atomic E-state index is 0.0359. The second-order valence-corrected chi connectivity index (χ2v) is 13.9. The van der Waals surface area contributed by atoms with Crippen molar-refractivity contribution in [3.8, 4) is 0 Å². The lowest BCUT2D eigenvalue weighted by atomic mass is 9.87. The molecule has 0 aliphatic carbocycles. The van der Waals surface area contributed by atoms with E-state index in [1.165, 1.54) is 22.6 Å². The van der Waals surface area contributed by atoms with Crippen LogP contribution in [0, 0.1) is 0 Å². The molecule has 1 unspecified atom stereocenters. The number of carbonyl (C=O) groups excluding carboxylic acids is 1. The fraction of sp³-hybridized carbons (Fsp3) is 0.333. The van der Waals surface area contributed by atoms with E-state index in [9.17, 15) is 21.6 Å². The Morgan fingerprint density at radius 3 is 2.37 bits per heavy atom. The summed E-state index contributed by atoms with van der Waals surface area (Å²) < 4.78 is 57.0. The van der Waals surface area contributed by atoms with Crippen LogP contribution < -0.4 is 5.32 Å². The summed E-state index contributed by atoms with van der Waals surface area (Å²) in [4.78, 5) is 17.5. The first-order valence-corrected chi connectivity index (χ1v) is 15.1. The Labute approximate surface area is 224 Å². The van der Waals surface area contributed by atoms with Crippen molar-refractivity contribution in [1.82, 2.24) is 18.9 Å². The Morgan fingerprint density at radius 1 is 1.03 bits per heavy atom. The number of pyridine rings is 1. The maximum atomic E-state index is 13.9. The van der Waals surface area contributed by atoms with Crippen molar-refractivity contribution in [2.45, 2.75) is 42.0 Å². The molecule has 38 heavy (non-hydrogen) atoms. The average molecular weight is 557 g/mol. The summed E-state index contributed by atoms with van der Waals surface area (Å²) in [6.45, 7) is 9.17. The molecule has 1 fully saturated rings. The molecule has 1 aromatic heterocycles. The number of fused-ring (bicyclic) bond motifs is 1. The zero-order valence-corrected chi connectivity index (χ0v) is 23.3. The molecule has 202 valence electrons. The molecule has 2 aromatic carbocycles. The summed E-state index contributed by atoms with van der Waals surface area (Å²) >= 11 is 0. The molecule has 0 saturated carbocycles. The van der Waals surface area contributed by atoms with Crippen LogP contribution in [0.25, 0.3) is 10.9 Å². The van der Waals surface area contributed by atoms with E-state index >= 15 is 0 Å². The lowest BCUT2D eigenvalue weighted by Crippen LogP contribution is -2.61. The molecule has 1 aliphatic rings. The Morgan fingerprint density at radius 2 is 1.71 bits per heavy atom. The highest BCUT2D eigenvalue weighted by atomic mass is 32.2. The predicted molar refractivity (Wildman–Crippen MR) is 147 cm³/mol. The van der Waals surface area contributed by atoms with Crippen molar-refractivity contribution in [2.75, 3.05) is 26.2 Å². The molecule has 1 amide bonds. The number of piperazine rings is 1. The smallest absolute Gasteiger partial charge is 0.246 e. The monoisotopic (exact) mass is 556 g/mol. The topological polar surface area (TPSA) is 117 Å². The van der Waals surface area contributed by atoms with Gasteiger partial charge in [0.2, 0.25) is 26.0 Å². The molecular formula is C27H32N4O5S2. The van der Waals surface area contributed by atoms with Crippen LogP contribution in [0.3, 0.4) is 0 Å². The lowest BCUT2D eigenvalue weighted by Gasteiger charge is -2.39. The number of benzene rings is 2. The van der Waals surface area contributed by atoms with Crippen LogP contribution in [-0.2, 0) is 30.3 Å². The van der Waals surface area contributed by atoms with Gasteiger partial charge in [-0.2, -0.15) is 8.61 Å². The van der Waals surface area contributed by atoms with Gasteiger partial charge in [-0.15, -0.1) is 6.58 Å². The normalized spacial score (nSPS) is 17.8. The van der Waals surface area contributed by atoms with Gasteiger partial charge in [0.05, 0.1) is 10.4 Å². The van der Waals surface area contributed by atoms with Gasteiger partial charge in [-0.1, -0.05) is 57.2 Å². The fourth-order valence-electron chi connectivity index (χ4n) is 4.44. The third-order valence-electron chi connectivity index (χ3n) is 6.56. The highest BCUT2D eigenvalue weighted by Gasteiger charge is 2.44. The number of rotatable bonds is 7. The number of nitrogens with one attached hydrogen (secondary N) is 1. The first kappa shape index (κ1) is 27.9. The number of hydrogen-bond donors (Lipinski definition) is 1. The van der Waals surface area contributed by atoms with Gasteiger partial charge in [0, 0.05) is 37.8 Å². The molecule has 1 aliphatic heterocycles. The molecule has 2 heterocycles. The van der Waals surface area contributed by atoms with E-state index in [-0.39, 0.29) is 46.9 Å². The predicted octanol–water partition coefficient (Wildman–Crippen LogP) is 2.90. The summed E-state index contributed by atoms with van der Waals surface area (Å²) in [6.07, 6.45) is 2.98. The highest BCUT2D eigenvalue weighted by Crippen LogP contribution is 2.30. The highest BCUT2D eigenvalue weighted by molar-refractivity contribution is 7.89. The number of carbonyl (C=O) groups is 1. The number of amides is 1. The summed E-state index contributed by atoms with van der Waals surface area (Å²) in [5.74, 6) is -0.607. The molecule has 11 heteroatoms. The number of para-hydroxylation sites is 1. The van der Waals surface area contributed by atoms with Crippen LogP contribution in [0.5, 0.6) is 0 Å². The van der Waals surface area contributed by atoms with Gasteiger partial charge in [0.1, 0.15) is 10.9 Å². The van der Waals surface area contributed by atoms with Crippen molar-refractivity contribution in [3.05, 3.63) is 79.0 Å². The fourth-order valence-corrected chi connectivity index (χ4v) is 7.61. The Bertz CT molecular complexity index is 1560. The third kappa shape index (κ3) is 5.37. The molecular weight excluding hydrogens is 524 g/mol. The molecule has 1 atom stereocenters. The van der Waals surface area contributed by atoms with Crippen molar-refractivity contribution in [1.29, 1.82) is 0 Å². The summed E-state index contributed by atoms with van der Waals surface area (Å²) in [5, 5.41) is 3.27. The summed E-state index contributed by atoms with van der Waals surface area (Å²) in [5.41, 5.74) is 1.12. The van der Waals surface area contributed by atoms with Crippen LogP contribution >= 0.6 is 0 Å². The second kappa shape index (κ2) is 10.6. The van der Waals surface area contributed by atoms with Crippen molar-refractivity contribution in [3.63, 3.8) is 0 Å². The second-order valence-electron chi connectivity index (χ2n) is 10.1. The minimum Gasteiger partial charge on any atom is -0.351 e. The number of sulfonamides is 2. The maximum absolute atomic E-state index is 13.9. The first-order chi connectivity index (χ1) is 17.9. The Kier molecular flexibility index (Phi) is 7.76. The van der Waals surface area contributed by atoms with E-state index in [4.69, 9.17) is 0 Å². The van der Waals surface area contributed by atoms with Gasteiger partial charge in [-0.05, 0) is 35.2 Å². The van der Waals surface area contributed by atoms with E-state index in [2.05, 4.69) is 16.9 Å². The average Bonchev–Trinajstić information content (AvgIpc) is 2.90. The van der Waals surface area contributed by atoms with Crippen LogP contribution in [0.15, 0.2) is 83.2 Å². The van der Waals surface area contributed by atoms with Gasteiger partial charge in [-0.3, -0.25) is 9.78 Å². The maximum Gasteiger partial charge on any atom is 0.246 e. The van der Waals surface area contributed by atoms with Crippen molar-refractivity contribution in [2.24, 2.45) is 0 Å². The largest absolute Gasteiger partial charge is 0.351 e. The van der Waals surface area contributed by atoms with E-state index in [0.29, 0.717) is 5.39 Å². The molecule has 1 saturated heterocycles. The van der Waals surface area contributed by atoms with E-state index in [1.807, 2.05) is 20.8 Å². The molecule has 0 bridgehead atoms. The van der Waals surface area contributed by atoms with Crippen LogP contribution in [-0.4, -0.2) is 68.6 Å². The molecule has 1 N–H and O–H groups in total. The molecule has 4 rings (SSSR count). The van der Waals surface area contributed by atoms with Crippen LogP contribution in [0.4, 0.5) is 0 Å². The van der Waals surface area contributed by atoms with Gasteiger partial charge < -0.3 is 5.32 Å². The molecule has 0 spiro atoms. The van der Waals surface area contributed by atoms with Gasteiger partial charge >= 0.3 is 0 Å².